The van der Waals surface area contributed by atoms with Crippen molar-refractivity contribution >= 4 is 22.5 Å². The summed E-state index contributed by atoms with van der Waals surface area (Å²) in [5, 5.41) is 0. The van der Waals surface area contributed by atoms with E-state index in [1.54, 1.807) is 0 Å². The first-order valence-electron chi connectivity index (χ1n) is 8.33. The summed E-state index contributed by atoms with van der Waals surface area (Å²) in [7, 11) is 0. The van der Waals surface area contributed by atoms with E-state index in [4.69, 9.17) is 4.98 Å². The molecule has 0 N–H and O–H groups in total. The normalized spacial score (nSPS) is 19.0. The number of thiophene rings is 1. The van der Waals surface area contributed by atoms with Crippen LogP contribution in [0.15, 0.2) is 30.5 Å². The van der Waals surface area contributed by atoms with Crippen LogP contribution in [0, 0.1) is 6.92 Å². The predicted molar refractivity (Wildman–Crippen MR) is 94.9 cm³/mol. The van der Waals surface area contributed by atoms with Gasteiger partial charge in [-0.05, 0) is 51.1 Å². The summed E-state index contributed by atoms with van der Waals surface area (Å²) in [4.78, 5) is 14.8. The van der Waals surface area contributed by atoms with Gasteiger partial charge in [0.05, 0.1) is 0 Å². The third kappa shape index (κ3) is 2.79. The Morgan fingerprint density at radius 3 is 3.00 bits per heavy atom. The Bertz CT molecular complexity index is 819. The van der Waals surface area contributed by atoms with Crippen LogP contribution in [0.2, 0.25) is 0 Å². The van der Waals surface area contributed by atoms with Crippen LogP contribution in [0.1, 0.15) is 34.8 Å². The predicted octanol–water partition coefficient (Wildman–Crippen LogP) is 3.81. The van der Waals surface area contributed by atoms with Crippen molar-refractivity contribution in [3.63, 3.8) is 0 Å². The van der Waals surface area contributed by atoms with Crippen LogP contribution < -0.4 is 0 Å². The Balaban J connectivity index is 1.55. The van der Waals surface area contributed by atoms with Gasteiger partial charge in [0, 0.05) is 41.5 Å². The lowest BCUT2D eigenvalue weighted by atomic mass is 10.1. The standard InChI is InChI=1S/C18H22N4S/c1-3-22-17(20-16-5-4-9-19-18(16)22)14-8-10-21(11-14)12-15-7-6-13(2)23-15/h4-7,9,14H,3,8,10-12H2,1-2H3/t14-/m1/s1. The number of nitrogens with zero attached hydrogens (tertiary/aromatic N) is 4. The fourth-order valence-electron chi connectivity index (χ4n) is 3.58. The Labute approximate surface area is 140 Å². The molecule has 120 valence electrons. The van der Waals surface area contributed by atoms with Crippen molar-refractivity contribution in [2.24, 2.45) is 0 Å². The molecule has 1 atom stereocenters. The first-order valence-corrected chi connectivity index (χ1v) is 9.15. The second kappa shape index (κ2) is 6.06. The highest BCUT2D eigenvalue weighted by atomic mass is 32.1. The zero-order valence-electron chi connectivity index (χ0n) is 13.7. The van der Waals surface area contributed by atoms with Crippen molar-refractivity contribution in [3.05, 3.63) is 46.0 Å². The molecule has 4 rings (SSSR count). The fraction of sp³-hybridized carbons (Fsp3) is 0.444. The first-order chi connectivity index (χ1) is 11.2. The van der Waals surface area contributed by atoms with E-state index in [0.717, 1.165) is 37.3 Å². The molecule has 0 amide bonds. The molecule has 5 heteroatoms. The summed E-state index contributed by atoms with van der Waals surface area (Å²) in [6, 6.07) is 8.52. The Morgan fingerprint density at radius 2 is 2.22 bits per heavy atom. The van der Waals surface area contributed by atoms with E-state index in [-0.39, 0.29) is 0 Å². The van der Waals surface area contributed by atoms with Crippen LogP contribution in [0.3, 0.4) is 0 Å². The van der Waals surface area contributed by atoms with Crippen LogP contribution in [-0.4, -0.2) is 32.5 Å². The van der Waals surface area contributed by atoms with Gasteiger partial charge in [0.2, 0.25) is 0 Å². The van der Waals surface area contributed by atoms with Gasteiger partial charge in [-0.2, -0.15) is 0 Å². The zero-order valence-corrected chi connectivity index (χ0v) is 14.5. The number of likely N-dealkylation sites (tertiary alicyclic amines) is 1. The molecule has 4 heterocycles. The van der Waals surface area contributed by atoms with Crippen molar-refractivity contribution in [1.29, 1.82) is 0 Å². The molecule has 23 heavy (non-hydrogen) atoms. The third-order valence-corrected chi connectivity index (χ3v) is 5.65. The van der Waals surface area contributed by atoms with Gasteiger partial charge in [-0.25, -0.2) is 9.97 Å². The minimum atomic E-state index is 0.519. The molecular formula is C18H22N4S. The maximum atomic E-state index is 4.89. The van der Waals surface area contributed by atoms with Gasteiger partial charge >= 0.3 is 0 Å². The average molecular weight is 326 g/mol. The molecule has 0 saturated carbocycles. The van der Waals surface area contributed by atoms with Crippen LogP contribution in [0.5, 0.6) is 0 Å². The van der Waals surface area contributed by atoms with Crippen molar-refractivity contribution in [2.45, 2.75) is 39.3 Å². The van der Waals surface area contributed by atoms with E-state index in [9.17, 15) is 0 Å². The Hall–Kier alpha value is -1.72. The van der Waals surface area contributed by atoms with Gasteiger partial charge in [-0.1, -0.05) is 0 Å². The van der Waals surface area contributed by atoms with E-state index < -0.39 is 0 Å². The SMILES string of the molecule is CCn1c([C@@H]2CCN(Cc3ccc(C)s3)C2)nc2cccnc21. The van der Waals surface area contributed by atoms with E-state index in [1.807, 2.05) is 23.6 Å². The molecule has 1 fully saturated rings. The second-order valence-corrected chi connectivity index (χ2v) is 7.67. The van der Waals surface area contributed by atoms with Gasteiger partial charge in [-0.3, -0.25) is 4.90 Å². The molecule has 3 aromatic heterocycles. The highest BCUT2D eigenvalue weighted by Gasteiger charge is 2.28. The van der Waals surface area contributed by atoms with Crippen molar-refractivity contribution in [3.8, 4) is 0 Å². The van der Waals surface area contributed by atoms with Crippen molar-refractivity contribution < 1.29 is 0 Å². The number of imidazole rings is 1. The van der Waals surface area contributed by atoms with E-state index >= 15 is 0 Å². The quantitative estimate of drug-likeness (QED) is 0.731. The minimum absolute atomic E-state index is 0.519. The summed E-state index contributed by atoms with van der Waals surface area (Å²) in [5.41, 5.74) is 2.05. The summed E-state index contributed by atoms with van der Waals surface area (Å²) in [6.07, 6.45) is 3.05. The molecule has 0 bridgehead atoms. The molecule has 0 radical (unpaired) electrons. The van der Waals surface area contributed by atoms with Gasteiger partial charge in [-0.15, -0.1) is 11.3 Å². The summed E-state index contributed by atoms with van der Waals surface area (Å²) >= 11 is 1.91. The number of rotatable bonds is 4. The van der Waals surface area contributed by atoms with E-state index in [0.29, 0.717) is 5.92 Å². The molecule has 1 aliphatic heterocycles. The maximum Gasteiger partial charge on any atom is 0.159 e. The second-order valence-electron chi connectivity index (χ2n) is 6.29. The number of fused-ring (bicyclic) bond motifs is 1. The lowest BCUT2D eigenvalue weighted by Gasteiger charge is -2.15. The molecule has 1 saturated heterocycles. The smallest absolute Gasteiger partial charge is 0.159 e. The van der Waals surface area contributed by atoms with Crippen molar-refractivity contribution in [1.82, 2.24) is 19.4 Å². The Morgan fingerprint density at radius 1 is 1.30 bits per heavy atom. The summed E-state index contributed by atoms with van der Waals surface area (Å²) in [6.45, 7) is 8.61. The lowest BCUT2D eigenvalue weighted by Crippen LogP contribution is -2.20. The van der Waals surface area contributed by atoms with Crippen LogP contribution in [0.25, 0.3) is 11.2 Å². The molecule has 1 aliphatic rings. The number of hydrogen-bond acceptors (Lipinski definition) is 4. The first kappa shape index (κ1) is 14.8. The molecule has 0 spiro atoms. The monoisotopic (exact) mass is 326 g/mol. The zero-order chi connectivity index (χ0) is 15.8. The highest BCUT2D eigenvalue weighted by Crippen LogP contribution is 2.30. The molecule has 0 aromatic carbocycles. The van der Waals surface area contributed by atoms with Gasteiger partial charge < -0.3 is 4.57 Å². The molecule has 4 nitrogen and oxygen atoms in total. The fourth-order valence-corrected chi connectivity index (χ4v) is 4.51. The highest BCUT2D eigenvalue weighted by molar-refractivity contribution is 7.11. The molecule has 0 aliphatic carbocycles. The van der Waals surface area contributed by atoms with Crippen molar-refractivity contribution in [2.75, 3.05) is 13.1 Å². The number of aryl methyl sites for hydroxylation is 2. The minimum Gasteiger partial charge on any atom is -0.313 e. The van der Waals surface area contributed by atoms with Crippen LogP contribution >= 0.6 is 11.3 Å². The molecule has 3 aromatic rings. The molecular weight excluding hydrogens is 304 g/mol. The van der Waals surface area contributed by atoms with E-state index in [1.165, 1.54) is 22.0 Å². The molecule has 0 unspecified atom stereocenters. The summed E-state index contributed by atoms with van der Waals surface area (Å²) < 4.78 is 2.29. The van der Waals surface area contributed by atoms with Gasteiger partial charge in [0.1, 0.15) is 11.3 Å². The number of pyridine rings is 1. The Kier molecular flexibility index (Phi) is 3.91. The number of hydrogen-bond donors (Lipinski definition) is 0. The maximum absolute atomic E-state index is 4.89. The van der Waals surface area contributed by atoms with E-state index in [2.05, 4.69) is 46.5 Å². The average Bonchev–Trinajstić information content (AvgIpc) is 3.25. The summed E-state index contributed by atoms with van der Waals surface area (Å²) in [5.74, 6) is 1.73. The topological polar surface area (TPSA) is 34.0 Å². The lowest BCUT2D eigenvalue weighted by molar-refractivity contribution is 0.328. The van der Waals surface area contributed by atoms with Crippen LogP contribution in [0.4, 0.5) is 0 Å². The van der Waals surface area contributed by atoms with Gasteiger partial charge in [0.15, 0.2) is 5.65 Å². The third-order valence-electron chi connectivity index (χ3n) is 4.66. The number of aromatic nitrogens is 3. The van der Waals surface area contributed by atoms with Gasteiger partial charge in [0.25, 0.3) is 0 Å². The largest absolute Gasteiger partial charge is 0.313 e. The van der Waals surface area contributed by atoms with Crippen LogP contribution in [-0.2, 0) is 13.1 Å².